The lowest BCUT2D eigenvalue weighted by molar-refractivity contribution is -0.113. The molecule has 3 aromatic carbocycles. The van der Waals surface area contributed by atoms with Crippen LogP contribution in [-0.2, 0) is 20.6 Å². The minimum atomic E-state index is -3.86. The fraction of sp³-hybridized carbons (Fsp3) is 0.0952. The Balaban J connectivity index is 1.55. The van der Waals surface area contributed by atoms with Crippen LogP contribution in [0.25, 0.3) is 0 Å². The largest absolute Gasteiger partial charge is 0.325 e. The molecule has 0 fully saturated rings. The van der Waals surface area contributed by atoms with Crippen LogP contribution in [0.15, 0.2) is 65.6 Å². The Bertz CT molecular complexity index is 1240. The highest BCUT2D eigenvalue weighted by molar-refractivity contribution is 7.99. The highest BCUT2D eigenvalue weighted by Crippen LogP contribution is 2.28. The van der Waals surface area contributed by atoms with Gasteiger partial charge in [-0.25, -0.2) is 8.42 Å². The molecular weight excluding hydrogens is 534 g/mol. The minimum Gasteiger partial charge on any atom is -0.325 e. The van der Waals surface area contributed by atoms with E-state index < -0.39 is 10.0 Å². The van der Waals surface area contributed by atoms with Crippen LogP contribution in [0.3, 0.4) is 0 Å². The van der Waals surface area contributed by atoms with Gasteiger partial charge in [-0.2, -0.15) is 0 Å². The van der Waals surface area contributed by atoms with Gasteiger partial charge in [-0.15, -0.1) is 11.8 Å². The molecule has 2 N–H and O–H groups in total. The van der Waals surface area contributed by atoms with E-state index in [-0.39, 0.29) is 27.3 Å². The van der Waals surface area contributed by atoms with E-state index in [1.807, 2.05) is 6.07 Å². The summed E-state index contributed by atoms with van der Waals surface area (Å²) < 4.78 is 27.6. The first-order chi connectivity index (χ1) is 15.1. The monoisotopic (exact) mass is 548 g/mol. The van der Waals surface area contributed by atoms with Crippen molar-refractivity contribution in [2.24, 2.45) is 0 Å². The quantitative estimate of drug-likeness (QED) is 0.318. The molecule has 0 aliphatic heterocycles. The predicted octanol–water partition coefficient (Wildman–Crippen LogP) is 6.97. The fourth-order valence-electron chi connectivity index (χ4n) is 2.58. The van der Waals surface area contributed by atoms with Crippen molar-refractivity contribution in [2.45, 2.75) is 10.6 Å². The van der Waals surface area contributed by atoms with Crippen molar-refractivity contribution in [2.75, 3.05) is 15.8 Å². The summed E-state index contributed by atoms with van der Waals surface area (Å²) in [5.41, 5.74) is 1.65. The first-order valence-corrected chi connectivity index (χ1v) is 13.2. The number of benzene rings is 3. The van der Waals surface area contributed by atoms with Gasteiger partial charge in [-0.3, -0.25) is 9.52 Å². The second kappa shape index (κ2) is 11.0. The third-order valence-electron chi connectivity index (χ3n) is 4.11. The molecular formula is C21H16Cl4N2O3S2. The molecule has 0 heterocycles. The number of carbonyl (C=O) groups is 1. The molecule has 32 heavy (non-hydrogen) atoms. The second-order valence-corrected chi connectivity index (χ2v) is 10.9. The zero-order chi connectivity index (χ0) is 23.3. The number of amides is 1. The van der Waals surface area contributed by atoms with E-state index in [0.29, 0.717) is 26.5 Å². The van der Waals surface area contributed by atoms with Gasteiger partial charge in [0.05, 0.1) is 31.4 Å². The van der Waals surface area contributed by atoms with E-state index in [0.717, 1.165) is 5.56 Å². The Kier molecular flexibility index (Phi) is 8.61. The summed E-state index contributed by atoms with van der Waals surface area (Å²) in [6.45, 7) is 0. The molecule has 0 unspecified atom stereocenters. The molecule has 0 aliphatic carbocycles. The second-order valence-electron chi connectivity index (χ2n) is 6.54. The molecule has 1 amide bonds. The van der Waals surface area contributed by atoms with Crippen molar-refractivity contribution < 1.29 is 13.2 Å². The molecule has 3 aromatic rings. The smallest absolute Gasteiger partial charge is 0.261 e. The van der Waals surface area contributed by atoms with Gasteiger partial charge in [0.2, 0.25) is 5.91 Å². The maximum absolute atomic E-state index is 12.6. The van der Waals surface area contributed by atoms with Crippen LogP contribution in [0, 0.1) is 0 Å². The van der Waals surface area contributed by atoms with Crippen molar-refractivity contribution in [3.05, 3.63) is 86.3 Å². The number of thioether (sulfide) groups is 1. The van der Waals surface area contributed by atoms with E-state index in [1.54, 1.807) is 12.1 Å². The average molecular weight is 550 g/mol. The van der Waals surface area contributed by atoms with Gasteiger partial charge in [0.15, 0.2) is 0 Å². The SMILES string of the molecule is O=C(CSCc1ccc(Cl)c(Cl)c1)Nc1ccc(S(=O)(=O)Nc2ccc(Cl)cc2Cl)cc1. The topological polar surface area (TPSA) is 75.3 Å². The number of rotatable bonds is 8. The van der Waals surface area contributed by atoms with Crippen molar-refractivity contribution in [3.8, 4) is 0 Å². The number of carbonyl (C=O) groups excluding carboxylic acids is 1. The van der Waals surface area contributed by atoms with Gasteiger partial charge in [0, 0.05) is 16.5 Å². The Labute approximate surface area is 210 Å². The Morgan fingerprint density at radius 1 is 0.844 bits per heavy atom. The highest BCUT2D eigenvalue weighted by Gasteiger charge is 2.16. The molecule has 0 saturated carbocycles. The van der Waals surface area contributed by atoms with E-state index in [4.69, 9.17) is 46.4 Å². The Morgan fingerprint density at radius 2 is 1.56 bits per heavy atom. The summed E-state index contributed by atoms with van der Waals surface area (Å²) >= 11 is 25.2. The first-order valence-electron chi connectivity index (χ1n) is 9.03. The standard InChI is InChI=1S/C21H16Cl4N2O3S2/c22-14-2-8-20(19(25)10-14)27-32(29,30)16-5-3-15(4-6-16)26-21(28)12-31-11-13-1-7-17(23)18(24)9-13/h1-10,27H,11-12H2,(H,26,28). The van der Waals surface area contributed by atoms with Crippen LogP contribution in [-0.4, -0.2) is 20.1 Å². The lowest BCUT2D eigenvalue weighted by Gasteiger charge is -2.11. The summed E-state index contributed by atoms with van der Waals surface area (Å²) in [5.74, 6) is 0.605. The van der Waals surface area contributed by atoms with Crippen LogP contribution in [0.2, 0.25) is 20.1 Å². The third-order valence-corrected chi connectivity index (χ3v) is 7.78. The predicted molar refractivity (Wildman–Crippen MR) is 135 cm³/mol. The molecule has 168 valence electrons. The lowest BCUT2D eigenvalue weighted by Crippen LogP contribution is -2.15. The number of halogens is 4. The molecule has 0 bridgehead atoms. The maximum atomic E-state index is 12.6. The number of hydrogen-bond acceptors (Lipinski definition) is 4. The molecule has 0 spiro atoms. The third kappa shape index (κ3) is 6.94. The number of nitrogens with one attached hydrogen (secondary N) is 2. The lowest BCUT2D eigenvalue weighted by atomic mass is 10.2. The molecule has 0 aliphatic rings. The Hall–Kier alpha value is -1.61. The number of anilines is 2. The van der Waals surface area contributed by atoms with E-state index >= 15 is 0 Å². The van der Waals surface area contributed by atoms with Gasteiger partial charge in [-0.1, -0.05) is 52.5 Å². The summed E-state index contributed by atoms with van der Waals surface area (Å²) in [5, 5.41) is 4.27. The normalized spacial score (nSPS) is 11.2. The molecule has 3 rings (SSSR count). The zero-order valence-electron chi connectivity index (χ0n) is 16.2. The van der Waals surface area contributed by atoms with E-state index in [2.05, 4.69) is 10.0 Å². The summed E-state index contributed by atoms with van der Waals surface area (Å²) in [7, 11) is -3.86. The summed E-state index contributed by atoms with van der Waals surface area (Å²) in [4.78, 5) is 12.2. The molecule has 0 aromatic heterocycles. The zero-order valence-corrected chi connectivity index (χ0v) is 20.9. The minimum absolute atomic E-state index is 0.0236. The van der Waals surface area contributed by atoms with Gasteiger partial charge >= 0.3 is 0 Å². The molecule has 0 atom stereocenters. The van der Waals surface area contributed by atoms with Crippen LogP contribution in [0.4, 0.5) is 11.4 Å². The fourth-order valence-corrected chi connectivity index (χ4v) is 5.27. The number of sulfonamides is 1. The summed E-state index contributed by atoms with van der Waals surface area (Å²) in [6, 6.07) is 15.6. The van der Waals surface area contributed by atoms with Gasteiger partial charge in [-0.05, 0) is 60.2 Å². The molecule has 11 heteroatoms. The molecule has 0 saturated heterocycles. The van der Waals surface area contributed by atoms with Crippen LogP contribution >= 0.6 is 58.2 Å². The average Bonchev–Trinajstić information content (AvgIpc) is 2.73. The van der Waals surface area contributed by atoms with Crippen molar-refractivity contribution in [1.82, 2.24) is 0 Å². The van der Waals surface area contributed by atoms with Crippen molar-refractivity contribution in [1.29, 1.82) is 0 Å². The molecule has 0 radical (unpaired) electrons. The first kappa shape index (κ1) is 25.0. The van der Waals surface area contributed by atoms with Crippen LogP contribution in [0.1, 0.15) is 5.56 Å². The van der Waals surface area contributed by atoms with Gasteiger partial charge in [0.1, 0.15) is 0 Å². The number of hydrogen-bond donors (Lipinski definition) is 2. The van der Waals surface area contributed by atoms with Crippen molar-refractivity contribution >= 4 is 85.5 Å². The van der Waals surface area contributed by atoms with E-state index in [1.165, 1.54) is 54.2 Å². The van der Waals surface area contributed by atoms with Crippen LogP contribution < -0.4 is 10.0 Å². The van der Waals surface area contributed by atoms with E-state index in [9.17, 15) is 13.2 Å². The molecule has 5 nitrogen and oxygen atoms in total. The Morgan fingerprint density at radius 3 is 2.22 bits per heavy atom. The van der Waals surface area contributed by atoms with Gasteiger partial charge in [0.25, 0.3) is 10.0 Å². The summed E-state index contributed by atoms with van der Waals surface area (Å²) in [6.07, 6.45) is 0. The van der Waals surface area contributed by atoms with Crippen molar-refractivity contribution in [3.63, 3.8) is 0 Å². The van der Waals surface area contributed by atoms with Crippen LogP contribution in [0.5, 0.6) is 0 Å². The highest BCUT2D eigenvalue weighted by atomic mass is 35.5. The maximum Gasteiger partial charge on any atom is 0.261 e. The van der Waals surface area contributed by atoms with Gasteiger partial charge < -0.3 is 5.32 Å².